The Balaban J connectivity index is 1.46. The van der Waals surface area contributed by atoms with Gasteiger partial charge in [0.1, 0.15) is 24.8 Å². The van der Waals surface area contributed by atoms with Crippen LogP contribution in [0.1, 0.15) is 30.0 Å². The second kappa shape index (κ2) is 7.26. The first-order chi connectivity index (χ1) is 13.0. The van der Waals surface area contributed by atoms with Crippen LogP contribution in [0.5, 0.6) is 11.6 Å². The predicted molar refractivity (Wildman–Crippen MR) is 98.9 cm³/mol. The minimum Gasteiger partial charge on any atom is -0.484 e. The van der Waals surface area contributed by atoms with Crippen molar-refractivity contribution in [2.24, 2.45) is 0 Å². The van der Waals surface area contributed by atoms with Crippen molar-refractivity contribution in [3.63, 3.8) is 0 Å². The SMILES string of the molecule is Cc1cnc(N2CCN(C(C)c3nc4c(cc3F)OCCO4)CC2)c(C)n1. The number of aromatic nitrogens is 3. The molecule has 0 saturated carbocycles. The maximum Gasteiger partial charge on any atom is 0.257 e. The molecule has 144 valence electrons. The molecule has 4 rings (SSSR count). The number of fused-ring (bicyclic) bond motifs is 1. The molecule has 1 saturated heterocycles. The van der Waals surface area contributed by atoms with Crippen LogP contribution in [0.15, 0.2) is 12.3 Å². The van der Waals surface area contributed by atoms with E-state index >= 15 is 0 Å². The summed E-state index contributed by atoms with van der Waals surface area (Å²) in [5.74, 6) is 1.34. The van der Waals surface area contributed by atoms with E-state index in [9.17, 15) is 4.39 Å². The highest BCUT2D eigenvalue weighted by Gasteiger charge is 2.28. The number of hydrogen-bond donors (Lipinski definition) is 0. The number of halogens is 1. The summed E-state index contributed by atoms with van der Waals surface area (Å²) in [6.07, 6.45) is 1.80. The van der Waals surface area contributed by atoms with Crippen molar-refractivity contribution >= 4 is 5.82 Å². The van der Waals surface area contributed by atoms with E-state index in [0.29, 0.717) is 30.5 Å². The number of piperazine rings is 1. The second-order valence-corrected chi connectivity index (χ2v) is 6.98. The van der Waals surface area contributed by atoms with Gasteiger partial charge in [0.2, 0.25) is 0 Å². The molecule has 2 aromatic rings. The van der Waals surface area contributed by atoms with Gasteiger partial charge in [-0.2, -0.15) is 0 Å². The summed E-state index contributed by atoms with van der Waals surface area (Å²) in [5, 5.41) is 0. The summed E-state index contributed by atoms with van der Waals surface area (Å²) < 4.78 is 25.5. The van der Waals surface area contributed by atoms with E-state index in [4.69, 9.17) is 9.47 Å². The van der Waals surface area contributed by atoms with Crippen molar-refractivity contribution < 1.29 is 13.9 Å². The van der Waals surface area contributed by atoms with Crippen molar-refractivity contribution in [1.82, 2.24) is 19.9 Å². The van der Waals surface area contributed by atoms with E-state index in [1.165, 1.54) is 6.07 Å². The van der Waals surface area contributed by atoms with Gasteiger partial charge < -0.3 is 14.4 Å². The number of pyridine rings is 1. The summed E-state index contributed by atoms with van der Waals surface area (Å²) in [6.45, 7) is 9.99. The van der Waals surface area contributed by atoms with Gasteiger partial charge in [0.15, 0.2) is 5.75 Å². The highest BCUT2D eigenvalue weighted by Crippen LogP contribution is 2.33. The molecule has 2 aliphatic heterocycles. The zero-order chi connectivity index (χ0) is 19.0. The lowest BCUT2D eigenvalue weighted by atomic mass is 10.1. The van der Waals surface area contributed by atoms with Gasteiger partial charge >= 0.3 is 0 Å². The van der Waals surface area contributed by atoms with Crippen LogP contribution < -0.4 is 14.4 Å². The van der Waals surface area contributed by atoms with Crippen LogP contribution >= 0.6 is 0 Å². The molecule has 0 radical (unpaired) electrons. The van der Waals surface area contributed by atoms with Gasteiger partial charge in [-0.05, 0) is 20.8 Å². The van der Waals surface area contributed by atoms with E-state index < -0.39 is 0 Å². The van der Waals surface area contributed by atoms with Gasteiger partial charge in [0.05, 0.1) is 29.3 Å². The summed E-state index contributed by atoms with van der Waals surface area (Å²) >= 11 is 0. The van der Waals surface area contributed by atoms with Crippen LogP contribution in [-0.2, 0) is 0 Å². The van der Waals surface area contributed by atoms with Gasteiger partial charge in [-0.3, -0.25) is 9.88 Å². The standard InChI is InChI=1S/C19H24FN5O2/c1-12-11-21-18(13(2)22-12)25-6-4-24(5-7-25)14(3)17-15(20)10-16-19(23-17)27-9-8-26-16/h10-11,14H,4-9H2,1-3H3. The molecule has 1 unspecified atom stereocenters. The predicted octanol–water partition coefficient (Wildman–Crippen LogP) is 2.28. The Morgan fingerprint density at radius 1 is 1.07 bits per heavy atom. The summed E-state index contributed by atoms with van der Waals surface area (Å²) in [7, 11) is 0. The third kappa shape index (κ3) is 3.53. The molecular weight excluding hydrogens is 349 g/mol. The van der Waals surface area contributed by atoms with Crippen molar-refractivity contribution in [2.45, 2.75) is 26.8 Å². The topological polar surface area (TPSA) is 63.6 Å². The van der Waals surface area contributed by atoms with Crippen molar-refractivity contribution in [1.29, 1.82) is 0 Å². The molecular formula is C19H24FN5O2. The normalized spacial score (nSPS) is 18.4. The van der Waals surface area contributed by atoms with Crippen molar-refractivity contribution in [3.05, 3.63) is 35.2 Å². The molecule has 0 aromatic carbocycles. The van der Waals surface area contributed by atoms with E-state index in [1.54, 1.807) is 6.20 Å². The third-order valence-corrected chi connectivity index (χ3v) is 5.11. The Morgan fingerprint density at radius 2 is 1.81 bits per heavy atom. The van der Waals surface area contributed by atoms with Gasteiger partial charge in [0, 0.05) is 32.2 Å². The molecule has 7 nitrogen and oxygen atoms in total. The Kier molecular flexibility index (Phi) is 4.82. The number of ether oxygens (including phenoxy) is 2. The van der Waals surface area contributed by atoms with Crippen molar-refractivity contribution in [2.75, 3.05) is 44.3 Å². The first kappa shape index (κ1) is 17.9. The molecule has 2 aromatic heterocycles. The van der Waals surface area contributed by atoms with Crippen molar-refractivity contribution in [3.8, 4) is 11.6 Å². The average molecular weight is 373 g/mol. The van der Waals surface area contributed by atoms with Crippen LogP contribution in [0.4, 0.5) is 10.2 Å². The zero-order valence-corrected chi connectivity index (χ0v) is 15.9. The number of hydrogen-bond acceptors (Lipinski definition) is 7. The average Bonchev–Trinajstić information content (AvgIpc) is 2.67. The lowest BCUT2D eigenvalue weighted by Gasteiger charge is -2.38. The molecule has 27 heavy (non-hydrogen) atoms. The van der Waals surface area contributed by atoms with E-state index in [1.807, 2.05) is 20.8 Å². The fourth-order valence-electron chi connectivity index (χ4n) is 3.65. The highest BCUT2D eigenvalue weighted by molar-refractivity contribution is 5.43. The Morgan fingerprint density at radius 3 is 2.56 bits per heavy atom. The minimum absolute atomic E-state index is 0.145. The van der Waals surface area contributed by atoms with E-state index in [0.717, 1.165) is 43.4 Å². The van der Waals surface area contributed by atoms with E-state index in [2.05, 4.69) is 24.8 Å². The van der Waals surface area contributed by atoms with Crippen LogP contribution in [0.3, 0.4) is 0 Å². The quantitative estimate of drug-likeness (QED) is 0.818. The molecule has 1 fully saturated rings. The van der Waals surface area contributed by atoms with E-state index in [-0.39, 0.29) is 11.9 Å². The number of nitrogens with zero attached hydrogens (tertiary/aromatic N) is 5. The Bertz CT molecular complexity index is 839. The first-order valence-electron chi connectivity index (χ1n) is 9.28. The first-order valence-corrected chi connectivity index (χ1v) is 9.28. The molecule has 1 atom stereocenters. The second-order valence-electron chi connectivity index (χ2n) is 6.98. The highest BCUT2D eigenvalue weighted by atomic mass is 19.1. The number of aryl methyl sites for hydroxylation is 2. The number of rotatable bonds is 3. The van der Waals surface area contributed by atoms with Crippen LogP contribution in [-0.4, -0.2) is 59.2 Å². The monoisotopic (exact) mass is 373 g/mol. The lowest BCUT2D eigenvalue weighted by molar-refractivity contribution is 0.157. The molecule has 0 aliphatic carbocycles. The maximum atomic E-state index is 14.6. The molecule has 0 bridgehead atoms. The fraction of sp³-hybridized carbons (Fsp3) is 0.526. The molecule has 2 aliphatic rings. The van der Waals surface area contributed by atoms with Crippen LogP contribution in [0, 0.1) is 19.7 Å². The molecule has 0 amide bonds. The molecule has 0 N–H and O–H groups in total. The van der Waals surface area contributed by atoms with Gasteiger partial charge in [-0.15, -0.1) is 0 Å². The van der Waals surface area contributed by atoms with Gasteiger partial charge in [-0.25, -0.2) is 14.4 Å². The van der Waals surface area contributed by atoms with Crippen LogP contribution in [0.2, 0.25) is 0 Å². The summed E-state index contributed by atoms with van der Waals surface area (Å²) in [6, 6.07) is 1.24. The van der Waals surface area contributed by atoms with Gasteiger partial charge in [-0.1, -0.05) is 0 Å². The third-order valence-electron chi connectivity index (χ3n) is 5.11. The Labute approximate surface area is 158 Å². The largest absolute Gasteiger partial charge is 0.484 e. The van der Waals surface area contributed by atoms with Gasteiger partial charge in [0.25, 0.3) is 5.88 Å². The van der Waals surface area contributed by atoms with Crippen LogP contribution in [0.25, 0.3) is 0 Å². The molecule has 0 spiro atoms. The smallest absolute Gasteiger partial charge is 0.257 e. The summed E-state index contributed by atoms with van der Waals surface area (Å²) in [4.78, 5) is 17.9. The minimum atomic E-state index is -0.352. The zero-order valence-electron chi connectivity index (χ0n) is 15.9. The number of anilines is 1. The lowest BCUT2D eigenvalue weighted by Crippen LogP contribution is -2.48. The molecule has 4 heterocycles. The Hall–Kier alpha value is -2.48. The fourth-order valence-corrected chi connectivity index (χ4v) is 3.65. The molecule has 8 heteroatoms. The maximum absolute atomic E-state index is 14.6. The summed E-state index contributed by atoms with van der Waals surface area (Å²) in [5.41, 5.74) is 2.26.